The highest BCUT2D eigenvalue weighted by Crippen LogP contribution is 2.24. The van der Waals surface area contributed by atoms with Crippen molar-refractivity contribution in [2.75, 3.05) is 7.05 Å². The third-order valence-electron chi connectivity index (χ3n) is 3.71. The first-order valence-corrected chi connectivity index (χ1v) is 7.29. The zero-order valence-corrected chi connectivity index (χ0v) is 12.4. The van der Waals surface area contributed by atoms with E-state index in [1.165, 1.54) is 19.3 Å². The van der Waals surface area contributed by atoms with E-state index in [-0.39, 0.29) is 6.10 Å². The largest absolute Gasteiger partial charge is 0.473 e. The molecule has 0 aliphatic heterocycles. The molecule has 2 rings (SSSR count). The first-order chi connectivity index (χ1) is 9.10. The molecular weight excluding hydrogens is 238 g/mol. The second-order valence-electron chi connectivity index (χ2n) is 5.70. The van der Waals surface area contributed by atoms with E-state index in [2.05, 4.69) is 29.1 Å². The minimum Gasteiger partial charge on any atom is -0.473 e. The maximum atomic E-state index is 6.12. The zero-order chi connectivity index (χ0) is 13.8. The zero-order valence-electron chi connectivity index (χ0n) is 12.4. The number of ether oxygens (including phenoxy) is 1. The second kappa shape index (κ2) is 6.33. The standard InChI is InChI=1S/C15H25N3O/c1-10(2)15-17-11(3)9-14(18-15)19-13-8-6-5-7-12(13)16-4/h9-10,12-13,16H,5-8H2,1-4H3. The number of aryl methyl sites for hydroxylation is 1. The predicted molar refractivity (Wildman–Crippen MR) is 76.6 cm³/mol. The SMILES string of the molecule is CNC1CCCCC1Oc1cc(C)nc(C(C)C)n1. The molecular formula is C15H25N3O. The van der Waals surface area contributed by atoms with E-state index in [1.807, 2.05) is 20.0 Å². The van der Waals surface area contributed by atoms with Gasteiger partial charge in [0.25, 0.3) is 0 Å². The van der Waals surface area contributed by atoms with E-state index in [9.17, 15) is 0 Å². The van der Waals surface area contributed by atoms with Crippen LogP contribution in [0.5, 0.6) is 5.88 Å². The van der Waals surface area contributed by atoms with Crippen molar-refractivity contribution in [3.05, 3.63) is 17.6 Å². The maximum absolute atomic E-state index is 6.12. The van der Waals surface area contributed by atoms with Crippen LogP contribution in [-0.4, -0.2) is 29.2 Å². The Morgan fingerprint density at radius 3 is 2.68 bits per heavy atom. The Labute approximate surface area is 116 Å². The van der Waals surface area contributed by atoms with Crippen LogP contribution in [0.3, 0.4) is 0 Å². The molecule has 0 amide bonds. The van der Waals surface area contributed by atoms with Crippen molar-refractivity contribution in [1.82, 2.24) is 15.3 Å². The molecule has 1 aliphatic carbocycles. The van der Waals surface area contributed by atoms with Crippen LogP contribution in [0.25, 0.3) is 0 Å². The molecule has 0 bridgehead atoms. The van der Waals surface area contributed by atoms with Gasteiger partial charge in [0, 0.05) is 23.7 Å². The van der Waals surface area contributed by atoms with Crippen LogP contribution in [0.15, 0.2) is 6.07 Å². The first-order valence-electron chi connectivity index (χ1n) is 7.29. The van der Waals surface area contributed by atoms with Gasteiger partial charge in [-0.1, -0.05) is 20.3 Å². The number of aromatic nitrogens is 2. The average molecular weight is 263 g/mol. The molecule has 4 nitrogen and oxygen atoms in total. The van der Waals surface area contributed by atoms with Crippen LogP contribution < -0.4 is 10.1 Å². The topological polar surface area (TPSA) is 47.0 Å². The minimum absolute atomic E-state index is 0.230. The molecule has 1 aliphatic rings. The van der Waals surface area contributed by atoms with Crippen LogP contribution in [0, 0.1) is 6.92 Å². The molecule has 1 heterocycles. The molecule has 1 fully saturated rings. The summed E-state index contributed by atoms with van der Waals surface area (Å²) in [6, 6.07) is 2.37. The van der Waals surface area contributed by atoms with Crippen LogP contribution in [0.2, 0.25) is 0 Å². The number of rotatable bonds is 4. The van der Waals surface area contributed by atoms with E-state index in [0.29, 0.717) is 12.0 Å². The molecule has 1 N–H and O–H groups in total. The third-order valence-corrected chi connectivity index (χ3v) is 3.71. The van der Waals surface area contributed by atoms with Crippen molar-refractivity contribution >= 4 is 0 Å². The van der Waals surface area contributed by atoms with Crippen molar-refractivity contribution in [3.8, 4) is 5.88 Å². The van der Waals surface area contributed by atoms with Crippen LogP contribution >= 0.6 is 0 Å². The lowest BCUT2D eigenvalue weighted by Crippen LogP contribution is -2.43. The summed E-state index contributed by atoms with van der Waals surface area (Å²) in [6.45, 7) is 6.21. The van der Waals surface area contributed by atoms with Crippen LogP contribution in [0.1, 0.15) is 57.0 Å². The lowest BCUT2D eigenvalue weighted by molar-refractivity contribution is 0.112. The van der Waals surface area contributed by atoms with Crippen molar-refractivity contribution < 1.29 is 4.74 Å². The van der Waals surface area contributed by atoms with Gasteiger partial charge in [-0.05, 0) is 33.2 Å². The molecule has 19 heavy (non-hydrogen) atoms. The molecule has 1 aromatic rings. The lowest BCUT2D eigenvalue weighted by atomic mass is 9.92. The molecule has 1 aromatic heterocycles. The first kappa shape index (κ1) is 14.3. The summed E-state index contributed by atoms with van der Waals surface area (Å²) >= 11 is 0. The Balaban J connectivity index is 2.13. The van der Waals surface area contributed by atoms with Crippen molar-refractivity contribution in [2.24, 2.45) is 0 Å². The highest BCUT2D eigenvalue weighted by molar-refractivity contribution is 5.17. The fraction of sp³-hybridized carbons (Fsp3) is 0.733. The Bertz CT molecular complexity index is 420. The van der Waals surface area contributed by atoms with E-state index in [0.717, 1.165) is 23.8 Å². The van der Waals surface area contributed by atoms with Gasteiger partial charge in [0.1, 0.15) is 11.9 Å². The summed E-state index contributed by atoms with van der Waals surface area (Å²) in [5.74, 6) is 1.92. The highest BCUT2D eigenvalue weighted by atomic mass is 16.5. The molecule has 0 aromatic carbocycles. The normalized spacial score (nSPS) is 23.6. The van der Waals surface area contributed by atoms with E-state index in [4.69, 9.17) is 4.74 Å². The van der Waals surface area contributed by atoms with Gasteiger partial charge >= 0.3 is 0 Å². The third kappa shape index (κ3) is 3.66. The van der Waals surface area contributed by atoms with Gasteiger partial charge in [0.2, 0.25) is 5.88 Å². The van der Waals surface area contributed by atoms with Crippen molar-refractivity contribution in [3.63, 3.8) is 0 Å². The van der Waals surface area contributed by atoms with Crippen molar-refractivity contribution in [2.45, 2.75) is 64.5 Å². The number of hydrogen-bond donors (Lipinski definition) is 1. The van der Waals surface area contributed by atoms with Gasteiger partial charge in [-0.25, -0.2) is 4.98 Å². The van der Waals surface area contributed by atoms with E-state index in [1.54, 1.807) is 0 Å². The van der Waals surface area contributed by atoms with Gasteiger partial charge in [-0.15, -0.1) is 0 Å². The van der Waals surface area contributed by atoms with Crippen LogP contribution in [0.4, 0.5) is 0 Å². The lowest BCUT2D eigenvalue weighted by Gasteiger charge is -2.31. The molecule has 106 valence electrons. The Morgan fingerprint density at radius 1 is 1.26 bits per heavy atom. The van der Waals surface area contributed by atoms with E-state index >= 15 is 0 Å². The predicted octanol–water partition coefficient (Wildman–Crippen LogP) is 2.82. The summed E-state index contributed by atoms with van der Waals surface area (Å²) in [5.41, 5.74) is 0.977. The van der Waals surface area contributed by atoms with Gasteiger partial charge in [-0.2, -0.15) is 4.98 Å². The van der Waals surface area contributed by atoms with Gasteiger partial charge < -0.3 is 10.1 Å². The molecule has 4 heteroatoms. The Hall–Kier alpha value is -1.16. The molecule has 0 spiro atoms. The average Bonchev–Trinajstić information content (AvgIpc) is 2.38. The smallest absolute Gasteiger partial charge is 0.217 e. The Morgan fingerprint density at radius 2 is 2.00 bits per heavy atom. The van der Waals surface area contributed by atoms with Gasteiger partial charge in [0.15, 0.2) is 0 Å². The molecule has 0 saturated heterocycles. The number of hydrogen-bond acceptors (Lipinski definition) is 4. The fourth-order valence-electron chi connectivity index (χ4n) is 2.60. The number of nitrogens with zero attached hydrogens (tertiary/aromatic N) is 2. The summed E-state index contributed by atoms with van der Waals surface area (Å²) in [7, 11) is 2.01. The number of likely N-dealkylation sites (N-methyl/N-ethyl adjacent to an activating group) is 1. The summed E-state index contributed by atoms with van der Waals surface area (Å²) in [6.07, 6.45) is 5.04. The van der Waals surface area contributed by atoms with Gasteiger partial charge in [0.05, 0.1) is 0 Å². The number of nitrogens with one attached hydrogen (secondary N) is 1. The summed E-state index contributed by atoms with van der Waals surface area (Å²) in [4.78, 5) is 8.99. The fourth-order valence-corrected chi connectivity index (χ4v) is 2.60. The molecule has 2 unspecified atom stereocenters. The minimum atomic E-state index is 0.230. The summed E-state index contributed by atoms with van der Waals surface area (Å²) in [5, 5.41) is 3.36. The van der Waals surface area contributed by atoms with Crippen molar-refractivity contribution in [1.29, 1.82) is 0 Å². The Kier molecular flexibility index (Phi) is 4.75. The second-order valence-corrected chi connectivity index (χ2v) is 5.70. The quantitative estimate of drug-likeness (QED) is 0.907. The maximum Gasteiger partial charge on any atom is 0.217 e. The summed E-state index contributed by atoms with van der Waals surface area (Å²) < 4.78 is 6.12. The van der Waals surface area contributed by atoms with Gasteiger partial charge in [-0.3, -0.25) is 0 Å². The highest BCUT2D eigenvalue weighted by Gasteiger charge is 2.26. The molecule has 2 atom stereocenters. The molecule has 1 saturated carbocycles. The van der Waals surface area contributed by atoms with Crippen LogP contribution in [-0.2, 0) is 0 Å². The van der Waals surface area contributed by atoms with E-state index < -0.39 is 0 Å². The monoisotopic (exact) mass is 263 g/mol. The molecule has 0 radical (unpaired) electrons.